The number of nitrogens with one attached hydrogen (secondary N) is 2. The van der Waals surface area contributed by atoms with Crippen molar-refractivity contribution in [2.45, 2.75) is 45.4 Å². The first-order chi connectivity index (χ1) is 10.9. The van der Waals surface area contributed by atoms with Gasteiger partial charge in [0.1, 0.15) is 0 Å². The average Bonchev–Trinajstić information content (AvgIpc) is 2.50. The number of nitrogens with two attached hydrogens (primary N) is 1. The van der Waals surface area contributed by atoms with Crippen molar-refractivity contribution in [1.29, 1.82) is 0 Å². The molecular formula is C17H25Cl2N3O2. The Morgan fingerprint density at radius 3 is 2.42 bits per heavy atom. The Morgan fingerprint density at radius 2 is 1.83 bits per heavy atom. The molecule has 0 spiro atoms. The first kappa shape index (κ1) is 20.7. The Labute approximate surface area is 154 Å². The molecular weight excluding hydrogens is 349 g/mol. The zero-order valence-corrected chi connectivity index (χ0v) is 15.4. The molecule has 24 heavy (non-hydrogen) atoms. The summed E-state index contributed by atoms with van der Waals surface area (Å²) in [6, 6.07) is 5.00. The van der Waals surface area contributed by atoms with Gasteiger partial charge in [-0.05, 0) is 43.0 Å². The molecule has 1 aromatic carbocycles. The first-order valence-corrected chi connectivity index (χ1v) is 8.39. The Bertz CT molecular complexity index is 587. The summed E-state index contributed by atoms with van der Waals surface area (Å²) in [4.78, 5) is 23.7. The van der Waals surface area contributed by atoms with Gasteiger partial charge in [0.2, 0.25) is 11.8 Å². The van der Waals surface area contributed by atoms with E-state index in [9.17, 15) is 9.59 Å². The van der Waals surface area contributed by atoms with Crippen LogP contribution in [0.3, 0.4) is 0 Å². The third kappa shape index (κ3) is 5.65. The fraction of sp³-hybridized carbons (Fsp3) is 0.529. The normalized spacial score (nSPS) is 16.0. The molecule has 1 aliphatic rings. The fourth-order valence-electron chi connectivity index (χ4n) is 3.21. The van der Waals surface area contributed by atoms with Crippen LogP contribution in [0.5, 0.6) is 0 Å². The van der Waals surface area contributed by atoms with Crippen molar-refractivity contribution in [2.24, 2.45) is 11.1 Å². The van der Waals surface area contributed by atoms with Crippen LogP contribution in [0.4, 0.5) is 11.4 Å². The Kier molecular flexibility index (Phi) is 8.00. The molecule has 7 heteroatoms. The van der Waals surface area contributed by atoms with Crippen molar-refractivity contribution in [3.8, 4) is 0 Å². The summed E-state index contributed by atoms with van der Waals surface area (Å²) in [5, 5.41) is 6.06. The number of rotatable bonds is 5. The van der Waals surface area contributed by atoms with E-state index < -0.39 is 0 Å². The van der Waals surface area contributed by atoms with Crippen LogP contribution in [0.1, 0.15) is 45.4 Å². The van der Waals surface area contributed by atoms with Crippen molar-refractivity contribution in [3.63, 3.8) is 0 Å². The Balaban J connectivity index is 0.00000288. The average molecular weight is 374 g/mol. The zero-order valence-electron chi connectivity index (χ0n) is 13.9. The highest BCUT2D eigenvalue weighted by Gasteiger charge is 2.33. The van der Waals surface area contributed by atoms with Gasteiger partial charge in [-0.15, -0.1) is 12.4 Å². The summed E-state index contributed by atoms with van der Waals surface area (Å²) in [6.45, 7) is 1.94. The summed E-state index contributed by atoms with van der Waals surface area (Å²) >= 11 is 5.96. The molecule has 0 saturated heterocycles. The lowest BCUT2D eigenvalue weighted by Crippen LogP contribution is -2.36. The number of hydrogen-bond acceptors (Lipinski definition) is 3. The van der Waals surface area contributed by atoms with Crippen molar-refractivity contribution < 1.29 is 9.59 Å². The minimum Gasteiger partial charge on any atom is -0.330 e. The molecule has 0 aliphatic heterocycles. The first-order valence-electron chi connectivity index (χ1n) is 8.01. The molecule has 0 heterocycles. The van der Waals surface area contributed by atoms with E-state index >= 15 is 0 Å². The molecule has 4 N–H and O–H groups in total. The maximum absolute atomic E-state index is 12.5. The molecule has 2 amide bonds. The highest BCUT2D eigenvalue weighted by Crippen LogP contribution is 2.38. The number of amides is 2. The SMILES string of the molecule is CC(=O)Nc1cc(Cl)ccc1NC(=O)CC1(CN)CCCCC1.Cl. The Morgan fingerprint density at radius 1 is 1.17 bits per heavy atom. The number of carbonyl (C=O) groups is 2. The largest absolute Gasteiger partial charge is 0.330 e. The predicted octanol–water partition coefficient (Wildman–Crippen LogP) is 3.96. The van der Waals surface area contributed by atoms with Crippen LogP contribution >= 0.6 is 24.0 Å². The number of halogens is 2. The smallest absolute Gasteiger partial charge is 0.225 e. The molecule has 5 nitrogen and oxygen atoms in total. The third-order valence-electron chi connectivity index (χ3n) is 4.45. The fourth-order valence-corrected chi connectivity index (χ4v) is 3.38. The van der Waals surface area contributed by atoms with E-state index in [1.165, 1.54) is 13.3 Å². The van der Waals surface area contributed by atoms with Crippen LogP contribution in [-0.2, 0) is 9.59 Å². The monoisotopic (exact) mass is 373 g/mol. The van der Waals surface area contributed by atoms with Gasteiger partial charge in [0.05, 0.1) is 11.4 Å². The van der Waals surface area contributed by atoms with E-state index in [0.29, 0.717) is 29.4 Å². The van der Waals surface area contributed by atoms with Gasteiger partial charge >= 0.3 is 0 Å². The van der Waals surface area contributed by atoms with E-state index in [2.05, 4.69) is 10.6 Å². The lowest BCUT2D eigenvalue weighted by molar-refractivity contribution is -0.119. The molecule has 1 saturated carbocycles. The zero-order chi connectivity index (χ0) is 16.9. The van der Waals surface area contributed by atoms with Gasteiger partial charge in [0.25, 0.3) is 0 Å². The van der Waals surface area contributed by atoms with Gasteiger partial charge in [-0.3, -0.25) is 9.59 Å². The van der Waals surface area contributed by atoms with Crippen molar-refractivity contribution in [3.05, 3.63) is 23.2 Å². The Hall–Kier alpha value is -1.30. The third-order valence-corrected chi connectivity index (χ3v) is 4.68. The number of carbonyl (C=O) groups excluding carboxylic acids is 2. The summed E-state index contributed by atoms with van der Waals surface area (Å²) in [7, 11) is 0. The number of benzene rings is 1. The molecule has 2 rings (SSSR count). The molecule has 0 atom stereocenters. The quantitative estimate of drug-likeness (QED) is 0.729. The highest BCUT2D eigenvalue weighted by atomic mass is 35.5. The van der Waals surface area contributed by atoms with E-state index in [-0.39, 0.29) is 29.6 Å². The van der Waals surface area contributed by atoms with Gasteiger partial charge in [-0.25, -0.2) is 0 Å². The molecule has 0 bridgehead atoms. The van der Waals surface area contributed by atoms with E-state index in [1.54, 1.807) is 18.2 Å². The maximum atomic E-state index is 12.5. The number of hydrogen-bond donors (Lipinski definition) is 3. The van der Waals surface area contributed by atoms with Crippen LogP contribution in [0.25, 0.3) is 0 Å². The maximum Gasteiger partial charge on any atom is 0.225 e. The van der Waals surface area contributed by atoms with Crippen molar-refractivity contribution in [1.82, 2.24) is 0 Å². The van der Waals surface area contributed by atoms with Gasteiger partial charge in [0.15, 0.2) is 0 Å². The molecule has 0 unspecified atom stereocenters. The standard InChI is InChI=1S/C17H24ClN3O2.ClH/c1-12(22)20-15-9-13(18)5-6-14(15)21-16(23)10-17(11-19)7-3-2-4-8-17;/h5-6,9H,2-4,7-8,10-11,19H2,1H3,(H,20,22)(H,21,23);1H. The summed E-state index contributed by atoms with van der Waals surface area (Å²) in [5.74, 6) is -0.292. The lowest BCUT2D eigenvalue weighted by atomic mass is 9.71. The molecule has 1 fully saturated rings. The van der Waals surface area contributed by atoms with Crippen LogP contribution in [0.15, 0.2) is 18.2 Å². The minimum atomic E-state index is -0.214. The molecule has 0 radical (unpaired) electrons. The van der Waals surface area contributed by atoms with E-state index in [4.69, 9.17) is 17.3 Å². The van der Waals surface area contributed by atoms with Gasteiger partial charge in [-0.2, -0.15) is 0 Å². The molecule has 0 aromatic heterocycles. The molecule has 134 valence electrons. The molecule has 1 aromatic rings. The van der Waals surface area contributed by atoms with Gasteiger partial charge in [0, 0.05) is 18.4 Å². The van der Waals surface area contributed by atoms with Gasteiger partial charge in [-0.1, -0.05) is 30.9 Å². The van der Waals surface area contributed by atoms with E-state index in [0.717, 1.165) is 25.7 Å². The summed E-state index contributed by atoms with van der Waals surface area (Å²) in [6.07, 6.45) is 5.87. The summed E-state index contributed by atoms with van der Waals surface area (Å²) < 4.78 is 0. The van der Waals surface area contributed by atoms with Crippen LogP contribution in [0, 0.1) is 5.41 Å². The highest BCUT2D eigenvalue weighted by molar-refractivity contribution is 6.31. The lowest BCUT2D eigenvalue weighted by Gasteiger charge is -2.35. The minimum absolute atomic E-state index is 0. The second kappa shape index (κ2) is 9.25. The van der Waals surface area contributed by atoms with Crippen LogP contribution < -0.4 is 16.4 Å². The summed E-state index contributed by atoms with van der Waals surface area (Å²) in [5.41, 5.74) is 6.90. The van der Waals surface area contributed by atoms with Gasteiger partial charge < -0.3 is 16.4 Å². The topological polar surface area (TPSA) is 84.2 Å². The van der Waals surface area contributed by atoms with Crippen LogP contribution in [0.2, 0.25) is 5.02 Å². The predicted molar refractivity (Wildman–Crippen MR) is 101 cm³/mol. The van der Waals surface area contributed by atoms with E-state index in [1.807, 2.05) is 0 Å². The van der Waals surface area contributed by atoms with Crippen molar-refractivity contribution >= 4 is 47.2 Å². The van der Waals surface area contributed by atoms with Crippen molar-refractivity contribution in [2.75, 3.05) is 17.2 Å². The number of anilines is 2. The van der Waals surface area contributed by atoms with Crippen LogP contribution in [-0.4, -0.2) is 18.4 Å². The second-order valence-corrected chi connectivity index (χ2v) is 6.80. The second-order valence-electron chi connectivity index (χ2n) is 6.36. The molecule has 1 aliphatic carbocycles.